The highest BCUT2D eigenvalue weighted by Crippen LogP contribution is 2.38. The van der Waals surface area contributed by atoms with Crippen LogP contribution in [0.1, 0.15) is 226 Å². The van der Waals surface area contributed by atoms with E-state index in [-0.39, 0.29) is 25.8 Å². The number of carbonyl (C=O) groups is 1. The van der Waals surface area contributed by atoms with Crippen LogP contribution in [0.4, 0.5) is 0 Å². The van der Waals surface area contributed by atoms with Crippen LogP contribution in [0, 0.1) is 0 Å². The summed E-state index contributed by atoms with van der Waals surface area (Å²) in [6.07, 6.45) is 53.1. The number of carbonyl (C=O) groups excluding carboxylic acids is 1. The summed E-state index contributed by atoms with van der Waals surface area (Å²) in [5.41, 5.74) is 0. The fraction of sp³-hybridized carbons (Fsp3) is 0.863. The fourth-order valence-corrected chi connectivity index (χ4v) is 7.71. The monoisotopic (exact) mass is 868 g/mol. The van der Waals surface area contributed by atoms with Crippen molar-refractivity contribution >= 4 is 13.8 Å². The number of allylic oxidation sites excluding steroid dienone is 6. The third-order valence-electron chi connectivity index (χ3n) is 10.9. The summed E-state index contributed by atoms with van der Waals surface area (Å²) in [6, 6.07) is 0. The summed E-state index contributed by atoms with van der Waals surface area (Å²) in [5.74, 6) is -0.342. The molecule has 0 saturated carbocycles. The van der Waals surface area contributed by atoms with Crippen molar-refractivity contribution in [1.82, 2.24) is 0 Å². The Bertz CT molecular complexity index is 1060. The molecule has 0 rings (SSSR count). The van der Waals surface area contributed by atoms with E-state index in [0.29, 0.717) is 24.1 Å². The highest BCUT2D eigenvalue weighted by molar-refractivity contribution is 7.45. The summed E-state index contributed by atoms with van der Waals surface area (Å²) in [6.45, 7) is 5.40. The van der Waals surface area contributed by atoms with E-state index in [4.69, 9.17) is 18.5 Å². The van der Waals surface area contributed by atoms with E-state index in [9.17, 15) is 14.3 Å². The molecule has 0 aromatic carbocycles. The number of phosphoric ester groups is 1. The lowest BCUT2D eigenvalue weighted by Crippen LogP contribution is -2.37. The smallest absolute Gasteiger partial charge is 0.306 e. The van der Waals surface area contributed by atoms with Gasteiger partial charge in [0.1, 0.15) is 19.3 Å². The zero-order valence-corrected chi connectivity index (χ0v) is 41.1. The van der Waals surface area contributed by atoms with Gasteiger partial charge in [-0.3, -0.25) is 9.36 Å². The number of unbranched alkanes of at least 4 members (excludes halogenated alkanes) is 27. The predicted molar refractivity (Wildman–Crippen MR) is 254 cm³/mol. The van der Waals surface area contributed by atoms with E-state index < -0.39 is 13.9 Å². The summed E-state index contributed by atoms with van der Waals surface area (Å²) in [5, 5.41) is 0. The van der Waals surface area contributed by atoms with Crippen molar-refractivity contribution in [1.29, 1.82) is 0 Å². The molecule has 9 heteroatoms. The van der Waals surface area contributed by atoms with Crippen LogP contribution in [0.25, 0.3) is 0 Å². The average molecular weight is 868 g/mol. The summed E-state index contributed by atoms with van der Waals surface area (Å²) in [4.78, 5) is 25.1. The first-order valence-electron chi connectivity index (χ1n) is 25.2. The van der Waals surface area contributed by atoms with Gasteiger partial charge in [0.25, 0.3) is 7.82 Å². The Kier molecular flexibility index (Phi) is 43.4. The van der Waals surface area contributed by atoms with E-state index in [1.807, 2.05) is 21.1 Å². The van der Waals surface area contributed by atoms with Gasteiger partial charge in [-0.25, -0.2) is 0 Å². The normalized spacial score (nSPS) is 13.9. The number of likely N-dealkylation sites (N-methyl/N-ethyl adjacent to an activating group) is 1. The standard InChI is InChI=1S/C51H98NO7P/c1-6-8-10-12-14-16-18-20-22-23-24-25-26-27-28-29-30-31-33-35-37-39-41-43-46-56-48-50(49-58-60(54,55)57-47-45-52(3,4)5)59-51(53)44-42-40-38-36-34-32-21-19-17-15-13-11-9-7-2/h18-21,23-24,50H,6-17,22,25-49H2,1-5H3/b20-18-,21-19-,24-23-. The van der Waals surface area contributed by atoms with Crippen LogP contribution in [0.2, 0.25) is 0 Å². The third kappa shape index (κ3) is 47.8. The number of phosphoric acid groups is 1. The van der Waals surface area contributed by atoms with E-state index in [1.165, 1.54) is 154 Å². The minimum absolute atomic E-state index is 0.0247. The average Bonchev–Trinajstić information content (AvgIpc) is 3.20. The third-order valence-corrected chi connectivity index (χ3v) is 11.9. The van der Waals surface area contributed by atoms with E-state index >= 15 is 0 Å². The Hall–Kier alpha value is -1.28. The highest BCUT2D eigenvalue weighted by atomic mass is 31.2. The molecule has 0 aliphatic carbocycles. The maximum Gasteiger partial charge on any atom is 0.306 e. The summed E-state index contributed by atoms with van der Waals surface area (Å²) < 4.78 is 34.7. The van der Waals surface area contributed by atoms with Gasteiger partial charge in [-0.1, -0.05) is 185 Å². The SMILES string of the molecule is CCCCCCC/C=C\C/C=C\CCCCCCCCCCCCCCOCC(COP(=O)([O-])OCC[N+](C)(C)C)OC(=O)CCCCCCC/C=C\CCCCCCC. The lowest BCUT2D eigenvalue weighted by atomic mass is 10.0. The molecule has 8 nitrogen and oxygen atoms in total. The number of hydrogen-bond acceptors (Lipinski definition) is 7. The molecule has 2 atom stereocenters. The van der Waals surface area contributed by atoms with E-state index in [0.717, 1.165) is 51.4 Å². The summed E-state index contributed by atoms with van der Waals surface area (Å²) >= 11 is 0. The van der Waals surface area contributed by atoms with Crippen molar-refractivity contribution in [3.8, 4) is 0 Å². The number of ether oxygens (including phenoxy) is 2. The molecule has 0 radical (unpaired) electrons. The number of rotatable bonds is 47. The molecule has 0 spiro atoms. The molecule has 0 N–H and O–H groups in total. The Morgan fingerprint density at radius 1 is 0.517 bits per heavy atom. The van der Waals surface area contributed by atoms with Gasteiger partial charge in [0, 0.05) is 13.0 Å². The van der Waals surface area contributed by atoms with Crippen LogP contribution in [-0.2, 0) is 27.9 Å². The van der Waals surface area contributed by atoms with Gasteiger partial charge >= 0.3 is 5.97 Å². The molecule has 0 bridgehead atoms. The number of esters is 1. The zero-order valence-electron chi connectivity index (χ0n) is 40.2. The van der Waals surface area contributed by atoms with Crippen LogP contribution in [0.5, 0.6) is 0 Å². The van der Waals surface area contributed by atoms with Gasteiger partial charge in [-0.2, -0.15) is 0 Å². The maximum atomic E-state index is 12.7. The van der Waals surface area contributed by atoms with Crippen LogP contribution in [0.15, 0.2) is 36.5 Å². The number of nitrogens with zero attached hydrogens (tertiary/aromatic N) is 1. The van der Waals surface area contributed by atoms with Crippen LogP contribution < -0.4 is 4.89 Å². The topological polar surface area (TPSA) is 94.1 Å². The molecule has 0 aromatic heterocycles. The zero-order chi connectivity index (χ0) is 44.1. The molecule has 0 saturated heterocycles. The van der Waals surface area contributed by atoms with Crippen LogP contribution in [-0.4, -0.2) is 70.7 Å². The molecular weight excluding hydrogens is 770 g/mol. The lowest BCUT2D eigenvalue weighted by Gasteiger charge is -2.28. The van der Waals surface area contributed by atoms with Crippen molar-refractivity contribution in [3.63, 3.8) is 0 Å². The molecule has 0 heterocycles. The van der Waals surface area contributed by atoms with Gasteiger partial charge in [0.15, 0.2) is 0 Å². The predicted octanol–water partition coefficient (Wildman–Crippen LogP) is 14.7. The van der Waals surface area contributed by atoms with Crippen molar-refractivity contribution in [2.75, 3.05) is 54.1 Å². The Morgan fingerprint density at radius 3 is 1.37 bits per heavy atom. The Morgan fingerprint density at radius 2 is 0.917 bits per heavy atom. The number of quaternary nitrogens is 1. The van der Waals surface area contributed by atoms with Gasteiger partial charge in [-0.05, 0) is 70.6 Å². The Balaban J connectivity index is 4.10. The van der Waals surface area contributed by atoms with Crippen molar-refractivity contribution in [2.24, 2.45) is 0 Å². The van der Waals surface area contributed by atoms with Gasteiger partial charge in [-0.15, -0.1) is 0 Å². The van der Waals surface area contributed by atoms with Gasteiger partial charge < -0.3 is 27.9 Å². The van der Waals surface area contributed by atoms with Crippen molar-refractivity contribution < 1.29 is 37.3 Å². The maximum absolute atomic E-state index is 12.7. The van der Waals surface area contributed by atoms with E-state index in [1.54, 1.807) is 0 Å². The van der Waals surface area contributed by atoms with Crippen LogP contribution in [0.3, 0.4) is 0 Å². The first kappa shape index (κ1) is 58.7. The van der Waals surface area contributed by atoms with Crippen molar-refractivity contribution in [2.45, 2.75) is 232 Å². The molecule has 354 valence electrons. The first-order valence-corrected chi connectivity index (χ1v) is 26.7. The van der Waals surface area contributed by atoms with Gasteiger partial charge in [0.05, 0.1) is 34.4 Å². The molecule has 0 aromatic rings. The summed E-state index contributed by atoms with van der Waals surface area (Å²) in [7, 11) is 1.35. The molecule has 0 aliphatic rings. The molecule has 60 heavy (non-hydrogen) atoms. The molecule has 0 aliphatic heterocycles. The minimum atomic E-state index is -4.53. The second-order valence-corrected chi connectivity index (χ2v) is 19.6. The molecule has 0 amide bonds. The number of hydrogen-bond donors (Lipinski definition) is 0. The molecule has 0 fully saturated rings. The quantitative estimate of drug-likeness (QED) is 0.0198. The van der Waals surface area contributed by atoms with E-state index in [2.05, 4.69) is 50.3 Å². The van der Waals surface area contributed by atoms with Crippen LogP contribution >= 0.6 is 7.82 Å². The minimum Gasteiger partial charge on any atom is -0.756 e. The molecular formula is C51H98NO7P. The first-order chi connectivity index (χ1) is 29.1. The Labute approximate surface area is 372 Å². The second kappa shape index (κ2) is 44.3. The second-order valence-electron chi connectivity index (χ2n) is 18.2. The van der Waals surface area contributed by atoms with Crippen molar-refractivity contribution in [3.05, 3.63) is 36.5 Å². The lowest BCUT2D eigenvalue weighted by molar-refractivity contribution is -0.870. The fourth-order valence-electron chi connectivity index (χ4n) is 6.98. The van der Waals surface area contributed by atoms with Gasteiger partial charge in [0.2, 0.25) is 0 Å². The highest BCUT2D eigenvalue weighted by Gasteiger charge is 2.20. The molecule has 2 unspecified atom stereocenters. The largest absolute Gasteiger partial charge is 0.756 e.